The zero-order chi connectivity index (χ0) is 25.1. The molecule has 2 N–H and O–H groups in total. The van der Waals surface area contributed by atoms with Gasteiger partial charge < -0.3 is 15.4 Å². The molecule has 0 saturated carbocycles. The zero-order valence-electron chi connectivity index (χ0n) is 20.6. The number of ether oxygens (including phenoxy) is 1. The van der Waals surface area contributed by atoms with Gasteiger partial charge in [0.1, 0.15) is 5.75 Å². The van der Waals surface area contributed by atoms with E-state index in [1.165, 1.54) is 0 Å². The molecule has 0 aliphatic heterocycles. The molecule has 1 unspecified atom stereocenters. The third kappa shape index (κ3) is 4.84. The number of nitrogens with zero attached hydrogens (tertiary/aromatic N) is 2. The maximum atomic E-state index is 12.8. The van der Waals surface area contributed by atoms with Crippen LogP contribution in [0.15, 0.2) is 85.0 Å². The number of aryl methyl sites for hydroxylation is 2. The van der Waals surface area contributed by atoms with Gasteiger partial charge in [0.2, 0.25) is 5.95 Å². The Labute approximate surface area is 210 Å². The smallest absolute Gasteiger partial charge is 0.255 e. The third-order valence-electron chi connectivity index (χ3n) is 6.39. The second-order valence-electron chi connectivity index (χ2n) is 8.89. The summed E-state index contributed by atoms with van der Waals surface area (Å²) in [5, 5.41) is 7.35. The quantitative estimate of drug-likeness (QED) is 0.318. The van der Waals surface area contributed by atoms with Crippen molar-refractivity contribution in [1.29, 1.82) is 0 Å². The number of aromatic nitrogens is 2. The molecular weight excluding hydrogens is 448 g/mol. The number of carbonyl (C=O) groups excluding carboxylic acids is 1. The van der Waals surface area contributed by atoms with E-state index in [0.29, 0.717) is 11.5 Å². The standard InChI is InChI=1S/C30H28N4O2/c1-19-8-7-9-20(2)27(19)33-29(35)22-12-14-23(15-13-22)31-30-32-26-18-24(36-3)16-17-25(26)28(34-30)21-10-5-4-6-11-21/h4-10,12-18,21H,11H2,1-3H3,(H,33,35)(H,31,32,34). The topological polar surface area (TPSA) is 76.1 Å². The highest BCUT2D eigenvalue weighted by atomic mass is 16.5. The van der Waals surface area contributed by atoms with Crippen molar-refractivity contribution >= 4 is 34.1 Å². The minimum Gasteiger partial charge on any atom is -0.497 e. The van der Waals surface area contributed by atoms with E-state index < -0.39 is 0 Å². The molecule has 6 nitrogen and oxygen atoms in total. The molecule has 1 heterocycles. The van der Waals surface area contributed by atoms with Crippen LogP contribution >= 0.6 is 0 Å². The lowest BCUT2D eigenvalue weighted by Gasteiger charge is -2.17. The number of hydrogen-bond donors (Lipinski definition) is 2. The SMILES string of the molecule is COc1ccc2c(C3C=CC=CC3)nc(Nc3ccc(C(=O)Nc4c(C)cccc4C)cc3)nc2c1. The number of nitrogens with one attached hydrogen (secondary N) is 2. The summed E-state index contributed by atoms with van der Waals surface area (Å²) in [6, 6.07) is 19.2. The largest absolute Gasteiger partial charge is 0.497 e. The monoisotopic (exact) mass is 476 g/mol. The maximum absolute atomic E-state index is 12.8. The van der Waals surface area contributed by atoms with Gasteiger partial charge in [-0.15, -0.1) is 0 Å². The van der Waals surface area contributed by atoms with Crippen LogP contribution in [0.2, 0.25) is 0 Å². The fourth-order valence-corrected chi connectivity index (χ4v) is 4.41. The second-order valence-corrected chi connectivity index (χ2v) is 8.89. The first-order valence-corrected chi connectivity index (χ1v) is 12.0. The Balaban J connectivity index is 1.40. The van der Waals surface area contributed by atoms with Crippen LogP contribution in [0.1, 0.15) is 39.5 Å². The van der Waals surface area contributed by atoms with Gasteiger partial charge in [-0.3, -0.25) is 4.79 Å². The van der Waals surface area contributed by atoms with Crippen molar-refractivity contribution in [3.63, 3.8) is 0 Å². The van der Waals surface area contributed by atoms with E-state index in [9.17, 15) is 4.79 Å². The summed E-state index contributed by atoms with van der Waals surface area (Å²) < 4.78 is 5.41. The Morgan fingerprint density at radius 1 is 0.972 bits per heavy atom. The molecule has 4 aromatic rings. The number of anilines is 3. The number of rotatable bonds is 6. The first-order chi connectivity index (χ1) is 17.5. The molecule has 3 aromatic carbocycles. The van der Waals surface area contributed by atoms with Gasteiger partial charge in [0.25, 0.3) is 5.91 Å². The molecule has 0 spiro atoms. The van der Waals surface area contributed by atoms with Crippen LogP contribution in [-0.2, 0) is 0 Å². The normalized spacial score (nSPS) is 14.6. The summed E-state index contributed by atoms with van der Waals surface area (Å²) in [6.07, 6.45) is 9.32. The highest BCUT2D eigenvalue weighted by Crippen LogP contribution is 2.32. The van der Waals surface area contributed by atoms with Crippen LogP contribution in [0, 0.1) is 13.8 Å². The fraction of sp³-hybridized carbons (Fsp3) is 0.167. The van der Waals surface area contributed by atoms with E-state index in [4.69, 9.17) is 14.7 Å². The van der Waals surface area contributed by atoms with Crippen LogP contribution in [-0.4, -0.2) is 23.0 Å². The predicted molar refractivity (Wildman–Crippen MR) is 145 cm³/mol. The minimum absolute atomic E-state index is 0.146. The molecule has 0 fully saturated rings. The van der Waals surface area contributed by atoms with E-state index in [1.54, 1.807) is 19.2 Å². The van der Waals surface area contributed by atoms with Gasteiger partial charge in [0, 0.05) is 34.3 Å². The molecule has 1 amide bonds. The van der Waals surface area contributed by atoms with Gasteiger partial charge >= 0.3 is 0 Å². The van der Waals surface area contributed by atoms with E-state index in [-0.39, 0.29) is 11.8 Å². The number of methoxy groups -OCH3 is 1. The van der Waals surface area contributed by atoms with E-state index in [0.717, 1.165) is 51.3 Å². The fourth-order valence-electron chi connectivity index (χ4n) is 4.41. The first-order valence-electron chi connectivity index (χ1n) is 12.0. The molecule has 0 saturated heterocycles. The summed E-state index contributed by atoms with van der Waals surface area (Å²) >= 11 is 0. The number of hydrogen-bond acceptors (Lipinski definition) is 5. The third-order valence-corrected chi connectivity index (χ3v) is 6.39. The van der Waals surface area contributed by atoms with Crippen LogP contribution < -0.4 is 15.4 Å². The average molecular weight is 477 g/mol. The van der Waals surface area contributed by atoms with Gasteiger partial charge in [-0.25, -0.2) is 9.97 Å². The summed E-state index contributed by atoms with van der Waals surface area (Å²) in [7, 11) is 1.65. The van der Waals surface area contributed by atoms with E-state index in [2.05, 4.69) is 34.9 Å². The molecule has 36 heavy (non-hydrogen) atoms. The molecule has 5 rings (SSSR count). The van der Waals surface area contributed by atoms with Gasteiger partial charge in [0.05, 0.1) is 18.3 Å². The average Bonchev–Trinajstić information content (AvgIpc) is 2.91. The van der Waals surface area contributed by atoms with Crippen LogP contribution in [0.25, 0.3) is 10.9 Å². The number of benzene rings is 3. The molecular formula is C30H28N4O2. The van der Waals surface area contributed by atoms with Crippen LogP contribution in [0.3, 0.4) is 0 Å². The molecule has 1 aromatic heterocycles. The highest BCUT2D eigenvalue weighted by Gasteiger charge is 2.17. The molecule has 1 aliphatic carbocycles. The van der Waals surface area contributed by atoms with Gasteiger partial charge in [-0.2, -0.15) is 0 Å². The lowest BCUT2D eigenvalue weighted by atomic mass is 9.94. The number of amides is 1. The first kappa shape index (κ1) is 23.3. The van der Waals surface area contributed by atoms with Crippen molar-refractivity contribution in [3.8, 4) is 5.75 Å². The molecule has 180 valence electrons. The van der Waals surface area contributed by atoms with Crippen molar-refractivity contribution < 1.29 is 9.53 Å². The lowest BCUT2D eigenvalue weighted by Crippen LogP contribution is -2.13. The van der Waals surface area contributed by atoms with Crippen molar-refractivity contribution in [2.45, 2.75) is 26.2 Å². The Bertz CT molecular complexity index is 1470. The van der Waals surface area contributed by atoms with E-state index >= 15 is 0 Å². The molecule has 6 heteroatoms. The van der Waals surface area contributed by atoms with Crippen molar-refractivity contribution in [1.82, 2.24) is 9.97 Å². The second kappa shape index (κ2) is 10.0. The summed E-state index contributed by atoms with van der Waals surface area (Å²) in [5.74, 6) is 1.27. The Kier molecular flexibility index (Phi) is 6.50. The van der Waals surface area contributed by atoms with Crippen molar-refractivity contribution in [2.75, 3.05) is 17.7 Å². The van der Waals surface area contributed by atoms with Gasteiger partial charge in [-0.05, 0) is 67.8 Å². The molecule has 0 bridgehead atoms. The molecule has 0 radical (unpaired) electrons. The van der Waals surface area contributed by atoms with Gasteiger partial charge in [0.15, 0.2) is 0 Å². The Hall–Kier alpha value is -4.45. The van der Waals surface area contributed by atoms with Crippen molar-refractivity contribution in [3.05, 3.63) is 107 Å². The number of para-hydroxylation sites is 1. The molecule has 1 aliphatic rings. The van der Waals surface area contributed by atoms with Crippen LogP contribution in [0.4, 0.5) is 17.3 Å². The number of carbonyl (C=O) groups is 1. The minimum atomic E-state index is -0.146. The summed E-state index contributed by atoms with van der Waals surface area (Å²) in [5.41, 5.74) is 6.07. The number of allylic oxidation sites excluding steroid dienone is 4. The van der Waals surface area contributed by atoms with E-state index in [1.807, 2.05) is 62.4 Å². The highest BCUT2D eigenvalue weighted by molar-refractivity contribution is 6.05. The Morgan fingerprint density at radius 2 is 1.75 bits per heavy atom. The summed E-state index contributed by atoms with van der Waals surface area (Å²) in [4.78, 5) is 22.5. The van der Waals surface area contributed by atoms with Crippen molar-refractivity contribution in [2.24, 2.45) is 0 Å². The van der Waals surface area contributed by atoms with Crippen LogP contribution in [0.5, 0.6) is 5.75 Å². The maximum Gasteiger partial charge on any atom is 0.255 e. The lowest BCUT2D eigenvalue weighted by molar-refractivity contribution is 0.102. The van der Waals surface area contributed by atoms with Gasteiger partial charge in [-0.1, -0.05) is 42.5 Å². The number of fused-ring (bicyclic) bond motifs is 1. The predicted octanol–water partition coefficient (Wildman–Crippen LogP) is 6.85. The Morgan fingerprint density at radius 3 is 2.44 bits per heavy atom. The summed E-state index contributed by atoms with van der Waals surface area (Å²) in [6.45, 7) is 3.98. The molecule has 1 atom stereocenters. The zero-order valence-corrected chi connectivity index (χ0v) is 20.6.